The van der Waals surface area contributed by atoms with E-state index in [2.05, 4.69) is 0 Å². The van der Waals surface area contributed by atoms with Crippen LogP contribution in [0, 0.1) is 0 Å². The third-order valence-electron chi connectivity index (χ3n) is 3.07. The molecule has 1 aromatic carbocycles. The van der Waals surface area contributed by atoms with Crippen molar-refractivity contribution in [1.82, 2.24) is 0 Å². The summed E-state index contributed by atoms with van der Waals surface area (Å²) in [6.45, 7) is 1.55. The Morgan fingerprint density at radius 1 is 1.31 bits per heavy atom. The van der Waals surface area contributed by atoms with E-state index >= 15 is 0 Å². The Balaban J connectivity index is 2.26. The SMILES string of the molecule is OCCCC1(c2ccc(Cl)cc2Cl)COC1. The van der Waals surface area contributed by atoms with Crippen LogP contribution >= 0.6 is 23.2 Å². The summed E-state index contributed by atoms with van der Waals surface area (Å²) < 4.78 is 5.30. The van der Waals surface area contributed by atoms with E-state index < -0.39 is 0 Å². The predicted molar refractivity (Wildman–Crippen MR) is 65.3 cm³/mol. The lowest BCUT2D eigenvalue weighted by Gasteiger charge is -2.42. The van der Waals surface area contributed by atoms with Crippen LogP contribution in [0.25, 0.3) is 0 Å². The van der Waals surface area contributed by atoms with Crippen molar-refractivity contribution in [2.24, 2.45) is 0 Å². The van der Waals surface area contributed by atoms with Crippen LogP contribution in [0.1, 0.15) is 18.4 Å². The maximum absolute atomic E-state index is 8.91. The topological polar surface area (TPSA) is 29.5 Å². The fourth-order valence-corrected chi connectivity index (χ4v) is 2.73. The smallest absolute Gasteiger partial charge is 0.0586 e. The standard InChI is InChI=1S/C12H14Cl2O2/c13-9-2-3-10(11(14)6-9)12(4-1-5-15)7-16-8-12/h2-3,6,15H,1,4-5,7-8H2. The van der Waals surface area contributed by atoms with Crippen molar-refractivity contribution in [2.45, 2.75) is 18.3 Å². The normalized spacial score (nSPS) is 18.2. The van der Waals surface area contributed by atoms with Gasteiger partial charge in [-0.1, -0.05) is 29.3 Å². The molecule has 0 saturated carbocycles. The molecule has 0 radical (unpaired) electrons. The molecule has 1 heterocycles. The van der Waals surface area contributed by atoms with E-state index in [9.17, 15) is 0 Å². The second-order valence-electron chi connectivity index (χ2n) is 4.22. The second kappa shape index (κ2) is 4.92. The molecule has 1 N–H and O–H groups in total. The minimum atomic E-state index is -0.0234. The fraction of sp³-hybridized carbons (Fsp3) is 0.500. The Morgan fingerprint density at radius 2 is 2.06 bits per heavy atom. The van der Waals surface area contributed by atoms with Crippen LogP contribution in [0.15, 0.2) is 18.2 Å². The van der Waals surface area contributed by atoms with Gasteiger partial charge >= 0.3 is 0 Å². The molecule has 0 atom stereocenters. The number of aliphatic hydroxyl groups excluding tert-OH is 1. The molecule has 1 aliphatic heterocycles. The fourth-order valence-electron chi connectivity index (χ4n) is 2.12. The molecule has 0 amide bonds. The second-order valence-corrected chi connectivity index (χ2v) is 5.07. The number of hydrogen-bond acceptors (Lipinski definition) is 2. The summed E-state index contributed by atoms with van der Waals surface area (Å²) in [5.41, 5.74) is 1.06. The number of hydrogen-bond donors (Lipinski definition) is 1. The van der Waals surface area contributed by atoms with E-state index in [-0.39, 0.29) is 12.0 Å². The summed E-state index contributed by atoms with van der Waals surface area (Å²) in [7, 11) is 0. The molecule has 2 nitrogen and oxygen atoms in total. The zero-order valence-corrected chi connectivity index (χ0v) is 10.4. The summed E-state index contributed by atoms with van der Waals surface area (Å²) in [5.74, 6) is 0. The van der Waals surface area contributed by atoms with Crippen molar-refractivity contribution < 1.29 is 9.84 Å². The first kappa shape index (κ1) is 12.2. The van der Waals surface area contributed by atoms with Gasteiger partial charge in [0.1, 0.15) is 0 Å². The highest BCUT2D eigenvalue weighted by atomic mass is 35.5. The minimum absolute atomic E-state index is 0.0234. The van der Waals surface area contributed by atoms with Gasteiger partial charge in [-0.2, -0.15) is 0 Å². The number of ether oxygens (including phenoxy) is 1. The van der Waals surface area contributed by atoms with E-state index in [0.29, 0.717) is 23.3 Å². The Kier molecular flexibility index (Phi) is 3.75. The Hall–Kier alpha value is -0.280. The van der Waals surface area contributed by atoms with Gasteiger partial charge in [-0.3, -0.25) is 0 Å². The maximum Gasteiger partial charge on any atom is 0.0586 e. The zero-order chi connectivity index (χ0) is 11.6. The molecule has 16 heavy (non-hydrogen) atoms. The molecule has 0 unspecified atom stereocenters. The quantitative estimate of drug-likeness (QED) is 0.902. The first-order valence-electron chi connectivity index (χ1n) is 5.32. The third kappa shape index (κ3) is 2.21. The summed E-state index contributed by atoms with van der Waals surface area (Å²) >= 11 is 12.1. The van der Waals surface area contributed by atoms with Crippen LogP contribution in [-0.4, -0.2) is 24.9 Å². The van der Waals surface area contributed by atoms with Crippen molar-refractivity contribution in [3.8, 4) is 0 Å². The highest BCUT2D eigenvalue weighted by molar-refractivity contribution is 6.35. The molecule has 2 rings (SSSR count). The highest BCUT2D eigenvalue weighted by Gasteiger charge is 2.40. The van der Waals surface area contributed by atoms with Crippen LogP contribution in [0.4, 0.5) is 0 Å². The van der Waals surface area contributed by atoms with Gasteiger partial charge in [0.2, 0.25) is 0 Å². The lowest BCUT2D eigenvalue weighted by Crippen LogP contribution is -2.47. The molecule has 1 aromatic rings. The summed E-state index contributed by atoms with van der Waals surface area (Å²) in [6.07, 6.45) is 1.66. The third-order valence-corrected chi connectivity index (χ3v) is 3.62. The molecule has 0 aromatic heterocycles. The number of benzene rings is 1. The van der Waals surface area contributed by atoms with Crippen LogP contribution in [0.3, 0.4) is 0 Å². The van der Waals surface area contributed by atoms with Crippen molar-refractivity contribution in [3.63, 3.8) is 0 Å². The Bertz CT molecular complexity index is 375. The van der Waals surface area contributed by atoms with Gasteiger partial charge in [0.05, 0.1) is 13.2 Å². The molecule has 4 heteroatoms. The summed E-state index contributed by atoms with van der Waals surface area (Å²) in [6, 6.07) is 5.57. The van der Waals surface area contributed by atoms with Gasteiger partial charge < -0.3 is 9.84 Å². The molecule has 0 aliphatic carbocycles. The average Bonchev–Trinajstić information content (AvgIpc) is 2.19. The van der Waals surface area contributed by atoms with Gasteiger partial charge in [0, 0.05) is 22.1 Å². The summed E-state index contributed by atoms with van der Waals surface area (Å²) in [4.78, 5) is 0. The first-order valence-corrected chi connectivity index (χ1v) is 6.08. The van der Waals surface area contributed by atoms with Crippen LogP contribution in [0.5, 0.6) is 0 Å². The van der Waals surface area contributed by atoms with Crippen molar-refractivity contribution in [3.05, 3.63) is 33.8 Å². The summed E-state index contributed by atoms with van der Waals surface area (Å²) in [5, 5.41) is 10.2. The molecular formula is C12H14Cl2O2. The lowest BCUT2D eigenvalue weighted by atomic mass is 9.75. The van der Waals surface area contributed by atoms with Crippen molar-refractivity contribution >= 4 is 23.2 Å². The molecule has 1 fully saturated rings. The van der Waals surface area contributed by atoms with Crippen LogP contribution in [0.2, 0.25) is 10.0 Å². The Morgan fingerprint density at radius 3 is 2.56 bits per heavy atom. The van der Waals surface area contributed by atoms with E-state index in [1.54, 1.807) is 6.07 Å². The lowest BCUT2D eigenvalue weighted by molar-refractivity contribution is -0.0664. The van der Waals surface area contributed by atoms with Crippen molar-refractivity contribution in [2.75, 3.05) is 19.8 Å². The van der Waals surface area contributed by atoms with E-state index in [1.165, 1.54) is 0 Å². The van der Waals surface area contributed by atoms with E-state index in [0.717, 1.165) is 18.4 Å². The number of rotatable bonds is 4. The maximum atomic E-state index is 8.91. The van der Waals surface area contributed by atoms with Crippen molar-refractivity contribution in [1.29, 1.82) is 0 Å². The van der Waals surface area contributed by atoms with Gasteiger partial charge in [0.15, 0.2) is 0 Å². The van der Waals surface area contributed by atoms with Crippen LogP contribution < -0.4 is 0 Å². The number of aliphatic hydroxyl groups is 1. The molecular weight excluding hydrogens is 247 g/mol. The molecule has 1 aliphatic rings. The predicted octanol–water partition coefficient (Wildman–Crippen LogP) is 3.03. The van der Waals surface area contributed by atoms with E-state index in [1.807, 2.05) is 12.1 Å². The van der Waals surface area contributed by atoms with Gasteiger partial charge in [-0.05, 0) is 30.5 Å². The average molecular weight is 261 g/mol. The number of halogens is 2. The first-order chi connectivity index (χ1) is 7.68. The van der Waals surface area contributed by atoms with Gasteiger partial charge in [0.25, 0.3) is 0 Å². The minimum Gasteiger partial charge on any atom is -0.396 e. The van der Waals surface area contributed by atoms with Gasteiger partial charge in [-0.25, -0.2) is 0 Å². The molecule has 0 spiro atoms. The highest BCUT2D eigenvalue weighted by Crippen LogP contribution is 2.41. The molecule has 1 saturated heterocycles. The molecule has 88 valence electrons. The zero-order valence-electron chi connectivity index (χ0n) is 8.88. The Labute approximate surface area is 105 Å². The van der Waals surface area contributed by atoms with Crippen LogP contribution in [-0.2, 0) is 10.2 Å². The van der Waals surface area contributed by atoms with E-state index in [4.69, 9.17) is 33.0 Å². The monoisotopic (exact) mass is 260 g/mol. The molecule has 0 bridgehead atoms. The van der Waals surface area contributed by atoms with Gasteiger partial charge in [-0.15, -0.1) is 0 Å². The largest absolute Gasteiger partial charge is 0.396 e.